The molecule has 2 aliphatic heterocycles. The van der Waals surface area contributed by atoms with Gasteiger partial charge in [-0.25, -0.2) is 0 Å². The van der Waals surface area contributed by atoms with Crippen LogP contribution in [0.25, 0.3) is 0 Å². The molecule has 33 heavy (non-hydrogen) atoms. The van der Waals surface area contributed by atoms with Gasteiger partial charge in [-0.2, -0.15) is 0 Å². The molecule has 11 nitrogen and oxygen atoms in total. The van der Waals surface area contributed by atoms with Gasteiger partial charge in [0.1, 0.15) is 42.7 Å². The van der Waals surface area contributed by atoms with Crippen molar-refractivity contribution in [1.82, 2.24) is 0 Å². The molecule has 0 aliphatic carbocycles. The average molecular weight is 472 g/mol. The predicted octanol–water partition coefficient (Wildman–Crippen LogP) is -1.55. The molecule has 0 aromatic heterocycles. The average Bonchev–Trinajstić information content (AvgIpc) is 2.81. The number of benzene rings is 1. The first-order valence-electron chi connectivity index (χ1n) is 10.6. The van der Waals surface area contributed by atoms with E-state index in [-0.39, 0.29) is 12.4 Å². The molecule has 1 aromatic carbocycles. The highest BCUT2D eigenvalue weighted by atomic mass is 16.7. The van der Waals surface area contributed by atoms with Crippen LogP contribution in [0.4, 0.5) is 0 Å². The summed E-state index contributed by atoms with van der Waals surface area (Å²) < 4.78 is 27.5. The van der Waals surface area contributed by atoms with Gasteiger partial charge in [0.25, 0.3) is 0 Å². The van der Waals surface area contributed by atoms with Crippen LogP contribution >= 0.6 is 0 Å². The second-order valence-corrected chi connectivity index (χ2v) is 8.13. The number of hydrogen-bond acceptors (Lipinski definition) is 11. The highest BCUT2D eigenvalue weighted by molar-refractivity contribution is 5.43. The van der Waals surface area contributed by atoms with E-state index in [1.54, 1.807) is 24.3 Å². The summed E-state index contributed by atoms with van der Waals surface area (Å²) in [4.78, 5) is 0. The SMILES string of the molecule is C=CCc1ccc(O[C@H]2O[C@@H](CO[C@@H]3O[C@@H](C)[C@H](O)[C@@H](O)[C@H]3O)[C@H](O)[C@@H](O)[C@@H]2O)c(OC)c1. The third-order valence-corrected chi connectivity index (χ3v) is 5.75. The first-order chi connectivity index (χ1) is 15.7. The van der Waals surface area contributed by atoms with Gasteiger partial charge in [0, 0.05) is 0 Å². The number of rotatable bonds is 8. The van der Waals surface area contributed by atoms with Crippen LogP contribution in [-0.2, 0) is 20.6 Å². The van der Waals surface area contributed by atoms with Gasteiger partial charge in [-0.3, -0.25) is 0 Å². The fourth-order valence-corrected chi connectivity index (χ4v) is 3.72. The zero-order chi connectivity index (χ0) is 24.3. The number of allylic oxidation sites excluding steroid dienone is 1. The third-order valence-electron chi connectivity index (χ3n) is 5.75. The van der Waals surface area contributed by atoms with Crippen LogP contribution in [0.2, 0.25) is 0 Å². The van der Waals surface area contributed by atoms with Gasteiger partial charge >= 0.3 is 0 Å². The standard InChI is InChI=1S/C22H32O11/c1-4-5-11-6-7-12(13(8-11)29-3)32-22-20(28)18(26)16(24)14(33-22)9-30-21-19(27)17(25)15(23)10(2)31-21/h4,6-8,10,14-28H,1,5,9H2,2-3H3/t10-,14-,15-,16-,17+,18+,19+,20-,21+,22-/m0/s1. The van der Waals surface area contributed by atoms with Crippen molar-refractivity contribution >= 4 is 0 Å². The minimum atomic E-state index is -1.62. The monoisotopic (exact) mass is 472 g/mol. The molecule has 2 aliphatic rings. The fraction of sp³-hybridized carbons (Fsp3) is 0.636. The Hall–Kier alpha value is -1.80. The van der Waals surface area contributed by atoms with E-state index in [4.69, 9.17) is 23.7 Å². The number of aliphatic hydroxyl groups excluding tert-OH is 6. The summed E-state index contributed by atoms with van der Waals surface area (Å²) in [5.41, 5.74) is 0.925. The van der Waals surface area contributed by atoms with Crippen LogP contribution < -0.4 is 9.47 Å². The topological polar surface area (TPSA) is 168 Å². The molecule has 2 fully saturated rings. The van der Waals surface area contributed by atoms with E-state index in [0.717, 1.165) is 5.56 Å². The molecule has 0 unspecified atom stereocenters. The molecule has 0 bridgehead atoms. The number of hydrogen-bond donors (Lipinski definition) is 6. The third kappa shape index (κ3) is 5.65. The summed E-state index contributed by atoms with van der Waals surface area (Å²) in [5.74, 6) is 0.619. The van der Waals surface area contributed by atoms with Crippen molar-refractivity contribution in [3.63, 3.8) is 0 Å². The van der Waals surface area contributed by atoms with Crippen LogP contribution in [0.3, 0.4) is 0 Å². The van der Waals surface area contributed by atoms with Gasteiger partial charge in [-0.15, -0.1) is 6.58 Å². The van der Waals surface area contributed by atoms with E-state index in [9.17, 15) is 30.6 Å². The van der Waals surface area contributed by atoms with Gasteiger partial charge in [-0.1, -0.05) is 12.1 Å². The van der Waals surface area contributed by atoms with Crippen molar-refractivity contribution in [3.05, 3.63) is 36.4 Å². The Morgan fingerprint density at radius 2 is 1.55 bits per heavy atom. The molecule has 2 saturated heterocycles. The Morgan fingerprint density at radius 3 is 2.21 bits per heavy atom. The van der Waals surface area contributed by atoms with Crippen LogP contribution in [0.5, 0.6) is 11.5 Å². The highest BCUT2D eigenvalue weighted by Crippen LogP contribution is 2.32. The van der Waals surface area contributed by atoms with E-state index < -0.39 is 61.4 Å². The van der Waals surface area contributed by atoms with Crippen molar-refractivity contribution in [2.24, 2.45) is 0 Å². The van der Waals surface area contributed by atoms with E-state index in [0.29, 0.717) is 12.2 Å². The zero-order valence-electron chi connectivity index (χ0n) is 18.4. The minimum absolute atomic E-state index is 0.245. The van der Waals surface area contributed by atoms with Crippen molar-refractivity contribution in [2.45, 2.75) is 74.8 Å². The molecule has 0 saturated carbocycles. The second-order valence-electron chi connectivity index (χ2n) is 8.13. The molecule has 10 atom stereocenters. The maximum absolute atomic E-state index is 10.4. The van der Waals surface area contributed by atoms with Crippen LogP contribution in [0.1, 0.15) is 12.5 Å². The molecular weight excluding hydrogens is 440 g/mol. The Labute approximate surface area is 191 Å². The van der Waals surface area contributed by atoms with E-state index in [1.807, 2.05) is 0 Å². The molecule has 3 rings (SSSR count). The van der Waals surface area contributed by atoms with E-state index in [1.165, 1.54) is 14.0 Å². The Balaban J connectivity index is 1.68. The molecule has 1 aromatic rings. The summed E-state index contributed by atoms with van der Waals surface area (Å²) in [5, 5.41) is 60.8. The van der Waals surface area contributed by atoms with Crippen molar-refractivity contribution in [1.29, 1.82) is 0 Å². The summed E-state index contributed by atoms with van der Waals surface area (Å²) in [7, 11) is 1.45. The molecule has 0 radical (unpaired) electrons. The summed E-state index contributed by atoms with van der Waals surface area (Å²) in [6.07, 6.45) is -11.4. The largest absolute Gasteiger partial charge is 0.493 e. The maximum Gasteiger partial charge on any atom is 0.229 e. The lowest BCUT2D eigenvalue weighted by Gasteiger charge is -2.42. The lowest BCUT2D eigenvalue weighted by molar-refractivity contribution is -0.318. The van der Waals surface area contributed by atoms with Crippen LogP contribution in [-0.4, -0.2) is 106 Å². The quantitative estimate of drug-likeness (QED) is 0.243. The molecule has 2 heterocycles. The maximum atomic E-state index is 10.4. The summed E-state index contributed by atoms with van der Waals surface area (Å²) in [6, 6.07) is 5.14. The predicted molar refractivity (Wildman–Crippen MR) is 113 cm³/mol. The van der Waals surface area contributed by atoms with Crippen molar-refractivity contribution < 1.29 is 54.3 Å². The first-order valence-corrected chi connectivity index (χ1v) is 10.6. The first kappa shape index (κ1) is 25.8. The molecule has 6 N–H and O–H groups in total. The Bertz CT molecular complexity index is 790. The normalized spacial score (nSPS) is 39.2. The number of methoxy groups -OCH3 is 1. The fourth-order valence-electron chi connectivity index (χ4n) is 3.72. The van der Waals surface area contributed by atoms with Crippen molar-refractivity contribution in [2.75, 3.05) is 13.7 Å². The molecular formula is C22H32O11. The summed E-state index contributed by atoms with van der Waals surface area (Å²) >= 11 is 0. The molecule has 0 spiro atoms. The highest BCUT2D eigenvalue weighted by Gasteiger charge is 2.47. The zero-order valence-corrected chi connectivity index (χ0v) is 18.4. The minimum Gasteiger partial charge on any atom is -0.493 e. The molecule has 11 heteroatoms. The number of ether oxygens (including phenoxy) is 5. The molecule has 0 amide bonds. The van der Waals surface area contributed by atoms with E-state index in [2.05, 4.69) is 6.58 Å². The summed E-state index contributed by atoms with van der Waals surface area (Å²) in [6.45, 7) is 4.81. The lowest BCUT2D eigenvalue weighted by Crippen LogP contribution is -2.61. The van der Waals surface area contributed by atoms with Gasteiger partial charge in [0.15, 0.2) is 17.8 Å². The smallest absolute Gasteiger partial charge is 0.229 e. The van der Waals surface area contributed by atoms with E-state index >= 15 is 0 Å². The Morgan fingerprint density at radius 1 is 0.879 bits per heavy atom. The van der Waals surface area contributed by atoms with Gasteiger partial charge in [0.05, 0.1) is 19.8 Å². The van der Waals surface area contributed by atoms with Crippen LogP contribution in [0.15, 0.2) is 30.9 Å². The number of aliphatic hydroxyl groups is 6. The van der Waals surface area contributed by atoms with Gasteiger partial charge in [-0.05, 0) is 31.0 Å². The molecule has 186 valence electrons. The van der Waals surface area contributed by atoms with Gasteiger partial charge in [0.2, 0.25) is 6.29 Å². The van der Waals surface area contributed by atoms with Gasteiger partial charge < -0.3 is 54.3 Å². The van der Waals surface area contributed by atoms with Crippen LogP contribution in [0, 0.1) is 0 Å². The lowest BCUT2D eigenvalue weighted by atomic mass is 9.98. The van der Waals surface area contributed by atoms with Crippen molar-refractivity contribution in [3.8, 4) is 11.5 Å². The Kier molecular flexibility index (Phi) is 8.67. The second kappa shape index (κ2) is 11.1.